The summed E-state index contributed by atoms with van der Waals surface area (Å²) in [6.45, 7) is 2.08. The Labute approximate surface area is 199 Å². The average Bonchev–Trinajstić information content (AvgIpc) is 3.22. The molecule has 0 radical (unpaired) electrons. The minimum atomic E-state index is -0.422. The number of aromatic nitrogens is 2. The largest absolute Gasteiger partial charge is 0.497 e. The van der Waals surface area contributed by atoms with Gasteiger partial charge in [0.1, 0.15) is 28.7 Å². The van der Waals surface area contributed by atoms with Gasteiger partial charge in [-0.3, -0.25) is 4.40 Å². The molecular formula is C28H29N3O3. The number of esters is 1. The SMILES string of the molecule is COc1cccc(C(=O)Oc2ccc(-c3nc4cc(C)ccn4c3NC3CCCCC3)cc2)c1. The van der Waals surface area contributed by atoms with Gasteiger partial charge in [0.2, 0.25) is 0 Å². The third-order valence-electron chi connectivity index (χ3n) is 6.37. The molecule has 0 amide bonds. The van der Waals surface area contributed by atoms with E-state index in [2.05, 4.69) is 35.0 Å². The van der Waals surface area contributed by atoms with Gasteiger partial charge in [-0.2, -0.15) is 0 Å². The number of hydrogen-bond donors (Lipinski definition) is 1. The summed E-state index contributed by atoms with van der Waals surface area (Å²) < 4.78 is 12.9. The van der Waals surface area contributed by atoms with E-state index in [1.165, 1.54) is 37.7 Å². The van der Waals surface area contributed by atoms with Gasteiger partial charge in [0.15, 0.2) is 0 Å². The second-order valence-electron chi connectivity index (χ2n) is 8.87. The first-order valence-corrected chi connectivity index (χ1v) is 11.8. The van der Waals surface area contributed by atoms with E-state index >= 15 is 0 Å². The molecule has 2 aromatic heterocycles. The van der Waals surface area contributed by atoms with Gasteiger partial charge >= 0.3 is 5.97 Å². The zero-order valence-electron chi connectivity index (χ0n) is 19.6. The number of hydrogen-bond acceptors (Lipinski definition) is 5. The highest BCUT2D eigenvalue weighted by molar-refractivity contribution is 5.91. The molecule has 4 aromatic rings. The number of benzene rings is 2. The fraction of sp³-hybridized carbons (Fsp3) is 0.286. The van der Waals surface area contributed by atoms with Crippen molar-refractivity contribution in [2.24, 2.45) is 0 Å². The maximum atomic E-state index is 12.6. The number of anilines is 1. The molecular weight excluding hydrogens is 426 g/mol. The van der Waals surface area contributed by atoms with E-state index in [-0.39, 0.29) is 0 Å². The molecule has 34 heavy (non-hydrogen) atoms. The number of nitrogens with zero attached hydrogens (tertiary/aromatic N) is 2. The minimum absolute atomic E-state index is 0.422. The van der Waals surface area contributed by atoms with Crippen LogP contribution < -0.4 is 14.8 Å². The predicted octanol–water partition coefficient (Wildman–Crippen LogP) is 6.28. The fourth-order valence-corrected chi connectivity index (χ4v) is 4.52. The summed E-state index contributed by atoms with van der Waals surface area (Å²) in [5.41, 5.74) is 4.41. The van der Waals surface area contributed by atoms with Crippen molar-refractivity contribution in [3.05, 3.63) is 78.0 Å². The first-order chi connectivity index (χ1) is 16.6. The number of nitrogens with one attached hydrogen (secondary N) is 1. The summed E-state index contributed by atoms with van der Waals surface area (Å²) >= 11 is 0. The van der Waals surface area contributed by atoms with Gasteiger partial charge < -0.3 is 14.8 Å². The number of rotatable bonds is 6. The van der Waals surface area contributed by atoms with Crippen LogP contribution in [0.25, 0.3) is 16.9 Å². The molecule has 1 aliphatic rings. The molecule has 1 saturated carbocycles. The Kier molecular flexibility index (Phi) is 6.21. The topological polar surface area (TPSA) is 64.9 Å². The summed E-state index contributed by atoms with van der Waals surface area (Å²) in [4.78, 5) is 17.5. The van der Waals surface area contributed by atoms with Crippen molar-refractivity contribution in [2.45, 2.75) is 45.1 Å². The fourth-order valence-electron chi connectivity index (χ4n) is 4.52. The zero-order valence-corrected chi connectivity index (χ0v) is 19.6. The molecule has 5 rings (SSSR count). The summed E-state index contributed by atoms with van der Waals surface area (Å²) in [7, 11) is 1.57. The van der Waals surface area contributed by atoms with Crippen molar-refractivity contribution < 1.29 is 14.3 Å². The van der Waals surface area contributed by atoms with E-state index in [1.54, 1.807) is 31.4 Å². The number of aryl methyl sites for hydroxylation is 1. The van der Waals surface area contributed by atoms with Crippen LogP contribution in [0.5, 0.6) is 11.5 Å². The predicted molar refractivity (Wildman–Crippen MR) is 134 cm³/mol. The third-order valence-corrected chi connectivity index (χ3v) is 6.37. The maximum Gasteiger partial charge on any atom is 0.343 e. The Morgan fingerprint density at radius 2 is 1.79 bits per heavy atom. The van der Waals surface area contributed by atoms with Gasteiger partial charge in [0, 0.05) is 17.8 Å². The molecule has 0 spiro atoms. The molecule has 0 bridgehead atoms. The summed E-state index contributed by atoms with van der Waals surface area (Å²) in [5.74, 6) is 1.69. The molecule has 0 atom stereocenters. The summed E-state index contributed by atoms with van der Waals surface area (Å²) in [5, 5.41) is 3.77. The van der Waals surface area contributed by atoms with Crippen LogP contribution in [0.4, 0.5) is 5.82 Å². The number of imidazole rings is 1. The first kappa shape index (κ1) is 22.0. The molecule has 1 aliphatic carbocycles. The van der Waals surface area contributed by atoms with Crippen LogP contribution in [-0.2, 0) is 0 Å². The van der Waals surface area contributed by atoms with Crippen LogP contribution in [0.15, 0.2) is 66.9 Å². The van der Waals surface area contributed by atoms with Gasteiger partial charge in [0.25, 0.3) is 0 Å². The van der Waals surface area contributed by atoms with E-state index in [0.29, 0.717) is 23.1 Å². The van der Waals surface area contributed by atoms with E-state index in [1.807, 2.05) is 24.3 Å². The average molecular weight is 456 g/mol. The second kappa shape index (κ2) is 9.59. The van der Waals surface area contributed by atoms with Crippen molar-refractivity contribution in [1.29, 1.82) is 0 Å². The van der Waals surface area contributed by atoms with Crippen LogP contribution in [0.1, 0.15) is 48.0 Å². The molecule has 1 N–H and O–H groups in total. The number of ether oxygens (including phenoxy) is 2. The Balaban J connectivity index is 1.41. The molecule has 6 nitrogen and oxygen atoms in total. The highest BCUT2D eigenvalue weighted by Crippen LogP contribution is 2.33. The van der Waals surface area contributed by atoms with Gasteiger partial charge in [-0.1, -0.05) is 25.3 Å². The quantitative estimate of drug-likeness (QED) is 0.274. The second-order valence-corrected chi connectivity index (χ2v) is 8.87. The minimum Gasteiger partial charge on any atom is -0.497 e. The Morgan fingerprint density at radius 1 is 1.00 bits per heavy atom. The lowest BCUT2D eigenvalue weighted by atomic mass is 9.95. The van der Waals surface area contributed by atoms with Crippen molar-refractivity contribution in [3.63, 3.8) is 0 Å². The van der Waals surface area contributed by atoms with Crippen molar-refractivity contribution >= 4 is 17.4 Å². The van der Waals surface area contributed by atoms with Crippen molar-refractivity contribution in [1.82, 2.24) is 9.38 Å². The number of pyridine rings is 1. The maximum absolute atomic E-state index is 12.6. The molecule has 2 heterocycles. The number of carbonyl (C=O) groups excluding carboxylic acids is 1. The Hall–Kier alpha value is -3.80. The normalized spacial score (nSPS) is 14.2. The van der Waals surface area contributed by atoms with Gasteiger partial charge in [-0.05, 0) is 79.9 Å². The smallest absolute Gasteiger partial charge is 0.343 e. The van der Waals surface area contributed by atoms with E-state index in [9.17, 15) is 4.79 Å². The Bertz CT molecular complexity index is 1300. The van der Waals surface area contributed by atoms with Crippen LogP contribution in [0, 0.1) is 6.92 Å². The lowest BCUT2D eigenvalue weighted by molar-refractivity contribution is 0.0734. The lowest BCUT2D eigenvalue weighted by Gasteiger charge is -2.24. The first-order valence-electron chi connectivity index (χ1n) is 11.8. The molecule has 0 unspecified atom stereocenters. The highest BCUT2D eigenvalue weighted by Gasteiger charge is 2.20. The van der Waals surface area contributed by atoms with Crippen LogP contribution in [-0.4, -0.2) is 28.5 Å². The highest BCUT2D eigenvalue weighted by atomic mass is 16.5. The van der Waals surface area contributed by atoms with Gasteiger partial charge in [0.05, 0.1) is 12.7 Å². The molecule has 6 heteroatoms. The molecule has 174 valence electrons. The summed E-state index contributed by atoms with van der Waals surface area (Å²) in [6.07, 6.45) is 8.27. The van der Waals surface area contributed by atoms with E-state index in [4.69, 9.17) is 14.5 Å². The van der Waals surface area contributed by atoms with E-state index < -0.39 is 5.97 Å². The number of carbonyl (C=O) groups is 1. The van der Waals surface area contributed by atoms with Crippen molar-refractivity contribution in [3.8, 4) is 22.8 Å². The molecule has 2 aromatic carbocycles. The van der Waals surface area contributed by atoms with Crippen LogP contribution in [0.2, 0.25) is 0 Å². The standard InChI is InChI=1S/C28H29N3O3/c1-19-15-16-31-25(17-19)30-26(27(31)29-22-8-4-3-5-9-22)20-11-13-23(14-12-20)34-28(32)21-7-6-10-24(18-21)33-2/h6-7,10-18,22,29H,3-5,8-9H2,1-2H3. The van der Waals surface area contributed by atoms with Gasteiger partial charge in [-0.25, -0.2) is 9.78 Å². The number of methoxy groups -OCH3 is 1. The van der Waals surface area contributed by atoms with Crippen LogP contribution in [0.3, 0.4) is 0 Å². The summed E-state index contributed by atoms with van der Waals surface area (Å²) in [6, 6.07) is 19.1. The molecule has 1 fully saturated rings. The third kappa shape index (κ3) is 4.62. The lowest BCUT2D eigenvalue weighted by Crippen LogP contribution is -2.23. The van der Waals surface area contributed by atoms with Crippen molar-refractivity contribution in [2.75, 3.05) is 12.4 Å². The monoisotopic (exact) mass is 455 g/mol. The van der Waals surface area contributed by atoms with Crippen LogP contribution >= 0.6 is 0 Å². The molecule has 0 aliphatic heterocycles. The van der Waals surface area contributed by atoms with E-state index in [0.717, 1.165) is 22.7 Å². The number of fused-ring (bicyclic) bond motifs is 1. The zero-order chi connectivity index (χ0) is 23.5. The molecule has 0 saturated heterocycles. The van der Waals surface area contributed by atoms with Gasteiger partial charge in [-0.15, -0.1) is 0 Å². The Morgan fingerprint density at radius 3 is 2.56 bits per heavy atom.